The molecule has 0 aromatic carbocycles. The van der Waals surface area contributed by atoms with Gasteiger partial charge in [0.15, 0.2) is 0 Å². The van der Waals surface area contributed by atoms with Crippen molar-refractivity contribution >= 4 is 0 Å². The third-order valence-corrected chi connectivity index (χ3v) is 4.85. The lowest BCUT2D eigenvalue weighted by Crippen LogP contribution is -1.92. The summed E-state index contributed by atoms with van der Waals surface area (Å²) in [6, 6.07) is 2.39. The van der Waals surface area contributed by atoms with E-state index in [2.05, 4.69) is 39.5 Å². The van der Waals surface area contributed by atoms with E-state index in [0.717, 1.165) is 18.4 Å². The highest BCUT2D eigenvalue weighted by Crippen LogP contribution is 2.17. The Labute approximate surface area is 152 Å². The number of nitrogens with zero attached hydrogens (tertiary/aromatic N) is 1. The summed E-state index contributed by atoms with van der Waals surface area (Å²) >= 11 is 0. The molecule has 0 bridgehead atoms. The van der Waals surface area contributed by atoms with Gasteiger partial charge in [0.2, 0.25) is 0 Å². The van der Waals surface area contributed by atoms with Gasteiger partial charge in [-0.3, -0.25) is 0 Å². The summed E-state index contributed by atoms with van der Waals surface area (Å²) in [7, 11) is 0. The third-order valence-electron chi connectivity index (χ3n) is 4.85. The summed E-state index contributed by atoms with van der Waals surface area (Å²) in [6.07, 6.45) is 19.7. The summed E-state index contributed by atoms with van der Waals surface area (Å²) in [6.45, 7) is 10.8. The zero-order valence-corrected chi connectivity index (χ0v) is 16.7. The van der Waals surface area contributed by atoms with Gasteiger partial charge in [0.05, 0.1) is 6.07 Å². The molecule has 0 rings (SSSR count). The fraction of sp³-hybridized carbons (Fsp3) is 0.783. The lowest BCUT2D eigenvalue weighted by atomic mass is 9.98. The molecule has 0 atom stereocenters. The predicted octanol–water partition coefficient (Wildman–Crippen LogP) is 8.13. The maximum Gasteiger partial charge on any atom is 0.0943 e. The number of allylic oxidation sites excluding steroid dienone is 3. The fourth-order valence-corrected chi connectivity index (χ4v) is 2.89. The molecular formula is C23H41N. The van der Waals surface area contributed by atoms with Gasteiger partial charge in [-0.15, -0.1) is 0 Å². The van der Waals surface area contributed by atoms with Gasteiger partial charge >= 0.3 is 0 Å². The smallest absolute Gasteiger partial charge is 0.0943 e. The molecule has 0 saturated carbocycles. The number of hydrogen-bond acceptors (Lipinski definition) is 1. The quantitative estimate of drug-likeness (QED) is 0.159. The SMILES string of the molecule is C=C(CCCCCCC/C(C#N)=C\CCCCCCCC)C(C)C. The van der Waals surface area contributed by atoms with E-state index >= 15 is 0 Å². The minimum absolute atomic E-state index is 0.625. The van der Waals surface area contributed by atoms with Crippen LogP contribution >= 0.6 is 0 Å². The van der Waals surface area contributed by atoms with Crippen molar-refractivity contribution in [2.45, 2.75) is 111 Å². The minimum Gasteiger partial charge on any atom is -0.193 e. The first kappa shape index (κ1) is 23.0. The summed E-state index contributed by atoms with van der Waals surface area (Å²) in [4.78, 5) is 0. The second-order valence-corrected chi connectivity index (χ2v) is 7.48. The predicted molar refractivity (Wildman–Crippen MR) is 108 cm³/mol. The monoisotopic (exact) mass is 331 g/mol. The van der Waals surface area contributed by atoms with Crippen LogP contribution in [-0.4, -0.2) is 0 Å². The van der Waals surface area contributed by atoms with Gasteiger partial charge in [0.1, 0.15) is 0 Å². The van der Waals surface area contributed by atoms with Crippen molar-refractivity contribution in [3.8, 4) is 6.07 Å². The van der Waals surface area contributed by atoms with Crippen LogP contribution in [0.4, 0.5) is 0 Å². The van der Waals surface area contributed by atoms with Crippen LogP contribution in [0.3, 0.4) is 0 Å². The molecule has 0 aliphatic rings. The Balaban J connectivity index is 3.56. The molecule has 0 aliphatic carbocycles. The maximum absolute atomic E-state index is 9.22. The molecule has 0 amide bonds. The molecule has 0 radical (unpaired) electrons. The molecule has 0 heterocycles. The van der Waals surface area contributed by atoms with Crippen LogP contribution in [0.2, 0.25) is 0 Å². The van der Waals surface area contributed by atoms with E-state index in [-0.39, 0.29) is 0 Å². The van der Waals surface area contributed by atoms with Crippen molar-refractivity contribution in [2.24, 2.45) is 5.92 Å². The van der Waals surface area contributed by atoms with Crippen molar-refractivity contribution in [1.29, 1.82) is 5.26 Å². The molecule has 138 valence electrons. The van der Waals surface area contributed by atoms with E-state index in [0.29, 0.717) is 5.92 Å². The van der Waals surface area contributed by atoms with E-state index in [1.807, 2.05) is 0 Å². The summed E-state index contributed by atoms with van der Waals surface area (Å²) < 4.78 is 0. The Hall–Kier alpha value is -1.03. The normalized spacial score (nSPS) is 11.7. The van der Waals surface area contributed by atoms with E-state index in [9.17, 15) is 5.26 Å². The Morgan fingerprint density at radius 2 is 1.42 bits per heavy atom. The standard InChI is InChI=1S/C23H41N/c1-5-6-7-8-9-12-15-18-23(20-24)19-16-13-10-11-14-17-22(4)21(2)3/h18,21H,4-17,19H2,1-3H3/b23-18+. The average Bonchev–Trinajstić information content (AvgIpc) is 2.57. The van der Waals surface area contributed by atoms with E-state index in [4.69, 9.17) is 0 Å². The zero-order chi connectivity index (χ0) is 18.0. The van der Waals surface area contributed by atoms with Crippen molar-refractivity contribution in [3.63, 3.8) is 0 Å². The van der Waals surface area contributed by atoms with Crippen LogP contribution in [0.1, 0.15) is 111 Å². The number of nitriles is 1. The highest BCUT2D eigenvalue weighted by Gasteiger charge is 2.00. The summed E-state index contributed by atoms with van der Waals surface area (Å²) in [5.74, 6) is 0.625. The Morgan fingerprint density at radius 3 is 2.00 bits per heavy atom. The van der Waals surface area contributed by atoms with Gasteiger partial charge in [-0.25, -0.2) is 0 Å². The second-order valence-electron chi connectivity index (χ2n) is 7.48. The maximum atomic E-state index is 9.22. The molecule has 0 aromatic heterocycles. The first-order valence-electron chi connectivity index (χ1n) is 10.4. The van der Waals surface area contributed by atoms with E-state index < -0.39 is 0 Å². The lowest BCUT2D eigenvalue weighted by molar-refractivity contribution is 0.594. The summed E-state index contributed by atoms with van der Waals surface area (Å²) in [5, 5.41) is 9.22. The largest absolute Gasteiger partial charge is 0.193 e. The molecule has 0 fully saturated rings. The van der Waals surface area contributed by atoms with E-state index in [1.165, 1.54) is 82.6 Å². The van der Waals surface area contributed by atoms with Crippen molar-refractivity contribution < 1.29 is 0 Å². The van der Waals surface area contributed by atoms with Gasteiger partial charge < -0.3 is 0 Å². The van der Waals surface area contributed by atoms with Gasteiger partial charge in [-0.05, 0) is 44.4 Å². The molecule has 1 heteroatoms. The van der Waals surface area contributed by atoms with Crippen LogP contribution in [0.5, 0.6) is 0 Å². The van der Waals surface area contributed by atoms with Crippen LogP contribution in [0.25, 0.3) is 0 Å². The highest BCUT2D eigenvalue weighted by atomic mass is 14.2. The van der Waals surface area contributed by atoms with Crippen molar-refractivity contribution in [2.75, 3.05) is 0 Å². The number of hydrogen-bond donors (Lipinski definition) is 0. The molecule has 1 nitrogen and oxygen atoms in total. The number of rotatable bonds is 16. The Morgan fingerprint density at radius 1 is 0.875 bits per heavy atom. The first-order chi connectivity index (χ1) is 11.6. The molecule has 0 aliphatic heterocycles. The van der Waals surface area contributed by atoms with Crippen molar-refractivity contribution in [1.82, 2.24) is 0 Å². The van der Waals surface area contributed by atoms with Crippen LogP contribution < -0.4 is 0 Å². The van der Waals surface area contributed by atoms with Crippen LogP contribution in [-0.2, 0) is 0 Å². The van der Waals surface area contributed by atoms with Crippen LogP contribution in [0.15, 0.2) is 23.8 Å². The van der Waals surface area contributed by atoms with Gasteiger partial charge in [-0.1, -0.05) is 90.4 Å². The molecule has 0 spiro atoms. The second kappa shape index (κ2) is 16.8. The lowest BCUT2D eigenvalue weighted by Gasteiger charge is -2.08. The van der Waals surface area contributed by atoms with Gasteiger partial charge in [0.25, 0.3) is 0 Å². The van der Waals surface area contributed by atoms with Crippen LogP contribution in [0, 0.1) is 17.2 Å². The molecule has 0 saturated heterocycles. The zero-order valence-electron chi connectivity index (χ0n) is 16.7. The van der Waals surface area contributed by atoms with Gasteiger partial charge in [0, 0.05) is 5.57 Å². The number of unbranched alkanes of at least 4 members (excludes halogenated alkanes) is 10. The molecular weight excluding hydrogens is 290 g/mol. The van der Waals surface area contributed by atoms with E-state index in [1.54, 1.807) is 0 Å². The van der Waals surface area contributed by atoms with Gasteiger partial charge in [-0.2, -0.15) is 5.26 Å². The summed E-state index contributed by atoms with van der Waals surface area (Å²) in [5.41, 5.74) is 2.40. The first-order valence-corrected chi connectivity index (χ1v) is 10.4. The molecule has 24 heavy (non-hydrogen) atoms. The fourth-order valence-electron chi connectivity index (χ4n) is 2.89. The van der Waals surface area contributed by atoms with Crippen molar-refractivity contribution in [3.05, 3.63) is 23.8 Å². The molecule has 0 unspecified atom stereocenters. The minimum atomic E-state index is 0.625. The Kier molecular flexibility index (Phi) is 16.1. The molecule has 0 aromatic rings. The third kappa shape index (κ3) is 14.6. The molecule has 0 N–H and O–H groups in total. The Bertz CT molecular complexity index is 370. The highest BCUT2D eigenvalue weighted by molar-refractivity contribution is 5.20. The topological polar surface area (TPSA) is 23.8 Å². The average molecular weight is 332 g/mol.